The summed E-state index contributed by atoms with van der Waals surface area (Å²) in [5.74, 6) is 0.933. The molecular formula is C19H15FN2O2. The van der Waals surface area contributed by atoms with Crippen LogP contribution in [0.25, 0.3) is 28.1 Å². The van der Waals surface area contributed by atoms with E-state index in [1.807, 2.05) is 24.4 Å². The number of benzene rings is 2. The van der Waals surface area contributed by atoms with Crippen molar-refractivity contribution in [1.29, 1.82) is 0 Å². The Morgan fingerprint density at radius 2 is 2.00 bits per heavy atom. The predicted octanol–water partition coefficient (Wildman–Crippen LogP) is 4.45. The Kier molecular flexibility index (Phi) is 3.34. The Hall–Kier alpha value is -3.08. The van der Waals surface area contributed by atoms with Crippen molar-refractivity contribution in [2.24, 2.45) is 0 Å². The van der Waals surface area contributed by atoms with Gasteiger partial charge in [0.15, 0.2) is 11.5 Å². The summed E-state index contributed by atoms with van der Waals surface area (Å²) >= 11 is 0. The van der Waals surface area contributed by atoms with E-state index in [1.54, 1.807) is 26.5 Å². The number of ether oxygens (including phenoxy) is 2. The van der Waals surface area contributed by atoms with Gasteiger partial charge in [-0.05, 0) is 35.4 Å². The average Bonchev–Trinajstić information content (AvgIpc) is 2.61. The molecule has 0 saturated carbocycles. The molecule has 3 aromatic rings. The van der Waals surface area contributed by atoms with Crippen LogP contribution in [0.15, 0.2) is 42.7 Å². The summed E-state index contributed by atoms with van der Waals surface area (Å²) in [6.07, 6.45) is 5.53. The second kappa shape index (κ2) is 5.53. The van der Waals surface area contributed by atoms with Gasteiger partial charge < -0.3 is 14.8 Å². The van der Waals surface area contributed by atoms with Gasteiger partial charge in [-0.1, -0.05) is 12.1 Å². The SMILES string of the molecule is COc1cc2c3c(c(-c4cccc(F)c4)cnc3c1OC)NC=C2. The fraction of sp³-hybridized carbons (Fsp3) is 0.105. The highest BCUT2D eigenvalue weighted by molar-refractivity contribution is 6.09. The molecule has 24 heavy (non-hydrogen) atoms. The van der Waals surface area contributed by atoms with E-state index in [9.17, 15) is 4.39 Å². The Morgan fingerprint density at radius 1 is 1.12 bits per heavy atom. The molecule has 4 rings (SSSR count). The highest BCUT2D eigenvalue weighted by Crippen LogP contribution is 2.44. The van der Waals surface area contributed by atoms with Crippen LogP contribution < -0.4 is 14.8 Å². The normalized spacial score (nSPS) is 12.1. The molecule has 120 valence electrons. The van der Waals surface area contributed by atoms with Gasteiger partial charge in [0, 0.05) is 23.3 Å². The van der Waals surface area contributed by atoms with Crippen molar-refractivity contribution in [3.63, 3.8) is 0 Å². The van der Waals surface area contributed by atoms with Crippen molar-refractivity contribution in [1.82, 2.24) is 4.98 Å². The Morgan fingerprint density at radius 3 is 2.75 bits per heavy atom. The number of hydrogen-bond acceptors (Lipinski definition) is 4. The number of nitrogens with one attached hydrogen (secondary N) is 1. The van der Waals surface area contributed by atoms with E-state index >= 15 is 0 Å². The summed E-state index contributed by atoms with van der Waals surface area (Å²) in [6.45, 7) is 0. The quantitative estimate of drug-likeness (QED) is 0.773. The van der Waals surface area contributed by atoms with E-state index in [0.29, 0.717) is 17.0 Å². The van der Waals surface area contributed by atoms with Crippen LogP contribution >= 0.6 is 0 Å². The number of nitrogens with zero attached hydrogens (tertiary/aromatic N) is 1. The molecule has 2 aromatic carbocycles. The summed E-state index contributed by atoms with van der Waals surface area (Å²) in [5.41, 5.74) is 4.16. The van der Waals surface area contributed by atoms with Crippen LogP contribution in [-0.2, 0) is 0 Å². The zero-order valence-corrected chi connectivity index (χ0v) is 13.3. The molecule has 0 unspecified atom stereocenters. The Labute approximate surface area is 138 Å². The molecule has 2 heterocycles. The number of methoxy groups -OCH3 is 2. The van der Waals surface area contributed by atoms with Crippen LogP contribution in [0, 0.1) is 5.82 Å². The van der Waals surface area contributed by atoms with Crippen molar-refractivity contribution in [3.05, 3.63) is 54.1 Å². The second-order valence-electron chi connectivity index (χ2n) is 5.46. The summed E-state index contributed by atoms with van der Waals surface area (Å²) in [6, 6.07) is 8.40. The van der Waals surface area contributed by atoms with Crippen molar-refractivity contribution < 1.29 is 13.9 Å². The van der Waals surface area contributed by atoms with Crippen LogP contribution in [0.1, 0.15) is 5.56 Å². The van der Waals surface area contributed by atoms with Gasteiger partial charge in [-0.25, -0.2) is 4.39 Å². The maximum atomic E-state index is 13.6. The summed E-state index contributed by atoms with van der Waals surface area (Å²) in [4.78, 5) is 4.57. The number of aromatic nitrogens is 1. The van der Waals surface area contributed by atoms with E-state index in [2.05, 4.69) is 10.3 Å². The van der Waals surface area contributed by atoms with E-state index in [-0.39, 0.29) is 5.82 Å². The minimum Gasteiger partial charge on any atom is -0.493 e. The average molecular weight is 322 g/mol. The highest BCUT2D eigenvalue weighted by atomic mass is 19.1. The molecule has 5 heteroatoms. The summed E-state index contributed by atoms with van der Waals surface area (Å²) in [5, 5.41) is 4.19. The molecule has 0 spiro atoms. The van der Waals surface area contributed by atoms with Gasteiger partial charge in [-0.3, -0.25) is 4.98 Å². The van der Waals surface area contributed by atoms with Crippen molar-refractivity contribution in [2.75, 3.05) is 19.5 Å². The van der Waals surface area contributed by atoms with Crippen LogP contribution in [0.2, 0.25) is 0 Å². The van der Waals surface area contributed by atoms with Crippen LogP contribution in [0.5, 0.6) is 11.5 Å². The largest absolute Gasteiger partial charge is 0.493 e. The lowest BCUT2D eigenvalue weighted by atomic mass is 9.97. The third-order valence-electron chi connectivity index (χ3n) is 4.14. The smallest absolute Gasteiger partial charge is 0.187 e. The standard InChI is InChI=1S/C19H15FN2O2/c1-23-15-9-12-6-7-21-17-14(11-4-3-5-13(20)8-11)10-22-18(16(12)17)19(15)24-2/h3-10,21H,1-2H3. The first kappa shape index (κ1) is 14.5. The molecule has 0 bridgehead atoms. The van der Waals surface area contributed by atoms with Gasteiger partial charge in [-0.2, -0.15) is 0 Å². The first-order valence-electron chi connectivity index (χ1n) is 7.49. The lowest BCUT2D eigenvalue weighted by Gasteiger charge is -2.20. The van der Waals surface area contributed by atoms with E-state index < -0.39 is 0 Å². The molecular weight excluding hydrogens is 307 g/mol. The molecule has 0 aliphatic carbocycles. The number of anilines is 1. The van der Waals surface area contributed by atoms with Gasteiger partial charge in [0.1, 0.15) is 11.3 Å². The fourth-order valence-corrected chi connectivity index (χ4v) is 3.08. The Bertz CT molecular complexity index is 983. The van der Waals surface area contributed by atoms with Crippen LogP contribution in [-0.4, -0.2) is 19.2 Å². The zero-order valence-electron chi connectivity index (χ0n) is 13.3. The number of rotatable bonds is 3. The predicted molar refractivity (Wildman–Crippen MR) is 92.9 cm³/mol. The molecule has 0 atom stereocenters. The first-order valence-corrected chi connectivity index (χ1v) is 7.49. The van der Waals surface area contributed by atoms with Gasteiger partial charge in [0.05, 0.1) is 19.9 Å². The second-order valence-corrected chi connectivity index (χ2v) is 5.46. The van der Waals surface area contributed by atoms with E-state index in [0.717, 1.165) is 27.8 Å². The van der Waals surface area contributed by atoms with Crippen molar-refractivity contribution in [2.45, 2.75) is 0 Å². The lowest BCUT2D eigenvalue weighted by molar-refractivity contribution is 0.358. The minimum absolute atomic E-state index is 0.279. The van der Waals surface area contributed by atoms with Crippen LogP contribution in [0.3, 0.4) is 0 Å². The molecule has 0 saturated heterocycles. The summed E-state index contributed by atoms with van der Waals surface area (Å²) < 4.78 is 24.5. The third-order valence-corrected chi connectivity index (χ3v) is 4.14. The zero-order chi connectivity index (χ0) is 16.7. The number of pyridine rings is 1. The molecule has 0 radical (unpaired) electrons. The van der Waals surface area contributed by atoms with Crippen molar-refractivity contribution >= 4 is 22.7 Å². The first-order chi connectivity index (χ1) is 11.7. The molecule has 1 aromatic heterocycles. The fourth-order valence-electron chi connectivity index (χ4n) is 3.08. The van der Waals surface area contributed by atoms with E-state index in [4.69, 9.17) is 9.47 Å². The Balaban J connectivity index is 2.07. The number of halogens is 1. The minimum atomic E-state index is -0.279. The maximum absolute atomic E-state index is 13.6. The summed E-state index contributed by atoms with van der Waals surface area (Å²) in [7, 11) is 3.19. The molecule has 1 N–H and O–H groups in total. The molecule has 4 nitrogen and oxygen atoms in total. The molecule has 0 fully saturated rings. The van der Waals surface area contributed by atoms with E-state index in [1.165, 1.54) is 12.1 Å². The topological polar surface area (TPSA) is 43.4 Å². The lowest BCUT2D eigenvalue weighted by Crippen LogP contribution is -2.03. The van der Waals surface area contributed by atoms with Crippen LogP contribution in [0.4, 0.5) is 10.1 Å². The van der Waals surface area contributed by atoms with Gasteiger partial charge in [0.25, 0.3) is 0 Å². The highest BCUT2D eigenvalue weighted by Gasteiger charge is 2.21. The van der Waals surface area contributed by atoms with Gasteiger partial charge in [0.2, 0.25) is 0 Å². The van der Waals surface area contributed by atoms with Gasteiger partial charge in [-0.15, -0.1) is 0 Å². The van der Waals surface area contributed by atoms with Crippen molar-refractivity contribution in [3.8, 4) is 22.6 Å². The maximum Gasteiger partial charge on any atom is 0.187 e. The molecule has 1 aliphatic rings. The van der Waals surface area contributed by atoms with Gasteiger partial charge >= 0.3 is 0 Å². The third kappa shape index (κ3) is 2.09. The monoisotopic (exact) mass is 322 g/mol. The molecule has 1 aliphatic heterocycles. The number of hydrogen-bond donors (Lipinski definition) is 1. The molecule has 0 amide bonds.